The van der Waals surface area contributed by atoms with Crippen molar-refractivity contribution in [2.45, 2.75) is 0 Å². The van der Waals surface area contributed by atoms with Crippen LogP contribution in [0.15, 0.2) is 23.2 Å². The van der Waals surface area contributed by atoms with Gasteiger partial charge in [0.15, 0.2) is 11.5 Å². The van der Waals surface area contributed by atoms with Crippen molar-refractivity contribution in [2.24, 2.45) is 4.99 Å². The minimum Gasteiger partial charge on any atom is -0.493 e. The minimum atomic E-state index is -0.150. The Kier molecular flexibility index (Phi) is 3.27. The molecule has 0 saturated carbocycles. The molecule has 0 aliphatic carbocycles. The lowest BCUT2D eigenvalue weighted by atomic mass is 10.1. The Hall–Kier alpha value is -2.04. The van der Waals surface area contributed by atoms with Crippen LogP contribution in [0.3, 0.4) is 0 Å². The molecule has 0 spiro atoms. The van der Waals surface area contributed by atoms with E-state index in [2.05, 4.69) is 10.3 Å². The molecule has 90 valence electrons. The van der Waals surface area contributed by atoms with E-state index in [1.165, 1.54) is 0 Å². The van der Waals surface area contributed by atoms with Gasteiger partial charge in [-0.2, -0.15) is 0 Å². The van der Waals surface area contributed by atoms with E-state index in [0.29, 0.717) is 30.3 Å². The van der Waals surface area contributed by atoms with Gasteiger partial charge < -0.3 is 14.8 Å². The topological polar surface area (TPSA) is 59.9 Å². The first kappa shape index (κ1) is 11.4. The molecule has 0 bridgehead atoms. The second-order valence-electron chi connectivity index (χ2n) is 3.56. The summed E-state index contributed by atoms with van der Waals surface area (Å²) in [7, 11) is 3.13. The van der Waals surface area contributed by atoms with Crippen LogP contribution in [0.2, 0.25) is 0 Å². The largest absolute Gasteiger partial charge is 0.493 e. The maximum Gasteiger partial charge on any atom is 0.270 e. The molecular formula is C12H14N2O3. The van der Waals surface area contributed by atoms with Gasteiger partial charge in [-0.05, 0) is 18.2 Å². The highest BCUT2D eigenvalue weighted by atomic mass is 16.5. The Morgan fingerprint density at radius 1 is 1.24 bits per heavy atom. The summed E-state index contributed by atoms with van der Waals surface area (Å²) < 4.78 is 10.3. The highest BCUT2D eigenvalue weighted by Crippen LogP contribution is 2.27. The van der Waals surface area contributed by atoms with Crippen molar-refractivity contribution in [1.82, 2.24) is 5.32 Å². The molecule has 5 heteroatoms. The zero-order chi connectivity index (χ0) is 12.3. The fourth-order valence-electron chi connectivity index (χ4n) is 1.70. The Labute approximate surface area is 99.4 Å². The fourth-order valence-corrected chi connectivity index (χ4v) is 1.70. The molecular weight excluding hydrogens is 220 g/mol. The monoisotopic (exact) mass is 234 g/mol. The van der Waals surface area contributed by atoms with E-state index in [1.807, 2.05) is 0 Å². The third kappa shape index (κ3) is 2.22. The van der Waals surface area contributed by atoms with Crippen molar-refractivity contribution in [1.29, 1.82) is 0 Å². The van der Waals surface area contributed by atoms with Gasteiger partial charge in [0.1, 0.15) is 5.71 Å². The van der Waals surface area contributed by atoms with Crippen LogP contribution in [0.1, 0.15) is 5.56 Å². The van der Waals surface area contributed by atoms with Crippen molar-refractivity contribution in [3.05, 3.63) is 23.8 Å². The van der Waals surface area contributed by atoms with E-state index in [0.717, 1.165) is 5.56 Å². The van der Waals surface area contributed by atoms with Crippen LogP contribution < -0.4 is 14.8 Å². The van der Waals surface area contributed by atoms with Crippen molar-refractivity contribution in [2.75, 3.05) is 27.3 Å². The minimum absolute atomic E-state index is 0.150. The number of rotatable bonds is 3. The van der Waals surface area contributed by atoms with Gasteiger partial charge in [-0.3, -0.25) is 9.79 Å². The summed E-state index contributed by atoms with van der Waals surface area (Å²) in [5.41, 5.74) is 1.18. The molecule has 1 N–H and O–H groups in total. The molecule has 1 heterocycles. The first-order valence-corrected chi connectivity index (χ1v) is 5.31. The molecule has 5 nitrogen and oxygen atoms in total. The second-order valence-corrected chi connectivity index (χ2v) is 3.56. The molecule has 0 radical (unpaired) electrons. The number of methoxy groups -OCH3 is 2. The van der Waals surface area contributed by atoms with Crippen LogP contribution in [0.4, 0.5) is 0 Å². The van der Waals surface area contributed by atoms with Gasteiger partial charge in [0, 0.05) is 12.1 Å². The van der Waals surface area contributed by atoms with Crippen LogP contribution in [0.25, 0.3) is 0 Å². The molecule has 2 rings (SSSR count). The number of hydrogen-bond donors (Lipinski definition) is 1. The third-order valence-corrected chi connectivity index (χ3v) is 2.54. The normalized spacial score (nSPS) is 14.9. The third-order valence-electron chi connectivity index (χ3n) is 2.54. The molecule has 1 aliphatic heterocycles. The predicted molar refractivity (Wildman–Crippen MR) is 64.0 cm³/mol. The number of carbonyl (C=O) groups excluding carboxylic acids is 1. The summed E-state index contributed by atoms with van der Waals surface area (Å²) in [4.78, 5) is 15.9. The molecule has 0 fully saturated rings. The summed E-state index contributed by atoms with van der Waals surface area (Å²) in [5, 5.41) is 2.75. The van der Waals surface area contributed by atoms with Gasteiger partial charge in [0.05, 0.1) is 20.8 Å². The van der Waals surface area contributed by atoms with E-state index in [1.54, 1.807) is 32.4 Å². The average Bonchev–Trinajstić information content (AvgIpc) is 2.38. The van der Waals surface area contributed by atoms with E-state index in [-0.39, 0.29) is 5.91 Å². The molecule has 1 amide bonds. The van der Waals surface area contributed by atoms with E-state index < -0.39 is 0 Å². The van der Waals surface area contributed by atoms with Gasteiger partial charge in [-0.25, -0.2) is 0 Å². The quantitative estimate of drug-likeness (QED) is 0.834. The Balaban J connectivity index is 2.39. The van der Waals surface area contributed by atoms with Crippen molar-refractivity contribution >= 4 is 11.6 Å². The first-order chi connectivity index (χ1) is 8.26. The van der Waals surface area contributed by atoms with Gasteiger partial charge in [0.25, 0.3) is 5.91 Å². The number of ether oxygens (including phenoxy) is 2. The number of nitrogens with one attached hydrogen (secondary N) is 1. The second kappa shape index (κ2) is 4.86. The molecule has 1 aliphatic rings. The van der Waals surface area contributed by atoms with Crippen LogP contribution in [0.5, 0.6) is 11.5 Å². The highest BCUT2D eigenvalue weighted by molar-refractivity contribution is 6.45. The molecule has 1 aromatic carbocycles. The van der Waals surface area contributed by atoms with Gasteiger partial charge in [0.2, 0.25) is 0 Å². The number of hydrogen-bond acceptors (Lipinski definition) is 4. The van der Waals surface area contributed by atoms with Gasteiger partial charge in [-0.15, -0.1) is 0 Å². The number of benzene rings is 1. The summed E-state index contributed by atoms with van der Waals surface area (Å²) in [6, 6.07) is 5.31. The highest BCUT2D eigenvalue weighted by Gasteiger charge is 2.18. The molecule has 0 saturated heterocycles. The van der Waals surface area contributed by atoms with Crippen molar-refractivity contribution < 1.29 is 14.3 Å². The Bertz CT molecular complexity index is 469. The number of aliphatic imine (C=N–C) groups is 1. The molecule has 17 heavy (non-hydrogen) atoms. The maximum absolute atomic E-state index is 11.6. The standard InChI is InChI=1S/C12H14N2O3/c1-16-9-4-3-8(7-10(9)17-2)11-12(15)14-6-5-13-11/h3-4,7H,5-6H2,1-2H3,(H,14,15). The van der Waals surface area contributed by atoms with E-state index in [4.69, 9.17) is 9.47 Å². The van der Waals surface area contributed by atoms with Gasteiger partial charge >= 0.3 is 0 Å². The molecule has 0 unspecified atom stereocenters. The van der Waals surface area contributed by atoms with Crippen molar-refractivity contribution in [3.8, 4) is 11.5 Å². The van der Waals surface area contributed by atoms with Gasteiger partial charge in [-0.1, -0.05) is 0 Å². The Morgan fingerprint density at radius 2 is 2.00 bits per heavy atom. The number of amides is 1. The van der Waals surface area contributed by atoms with E-state index >= 15 is 0 Å². The molecule has 0 atom stereocenters. The SMILES string of the molecule is COc1ccc(C2=NCCNC2=O)cc1OC. The zero-order valence-electron chi connectivity index (χ0n) is 9.82. The molecule has 0 aromatic heterocycles. The fraction of sp³-hybridized carbons (Fsp3) is 0.333. The lowest BCUT2D eigenvalue weighted by Crippen LogP contribution is -2.37. The van der Waals surface area contributed by atoms with Crippen LogP contribution >= 0.6 is 0 Å². The number of nitrogens with zero attached hydrogens (tertiary/aromatic N) is 1. The lowest BCUT2D eigenvalue weighted by Gasteiger charge is -2.14. The smallest absolute Gasteiger partial charge is 0.270 e. The Morgan fingerprint density at radius 3 is 2.65 bits per heavy atom. The van der Waals surface area contributed by atoms with E-state index in [9.17, 15) is 4.79 Å². The maximum atomic E-state index is 11.6. The van der Waals surface area contributed by atoms with Crippen molar-refractivity contribution in [3.63, 3.8) is 0 Å². The predicted octanol–water partition coefficient (Wildman–Crippen LogP) is 0.623. The first-order valence-electron chi connectivity index (χ1n) is 5.31. The number of carbonyl (C=O) groups is 1. The summed E-state index contributed by atoms with van der Waals surface area (Å²) >= 11 is 0. The average molecular weight is 234 g/mol. The van der Waals surface area contributed by atoms with Crippen LogP contribution in [-0.4, -0.2) is 38.9 Å². The molecule has 1 aromatic rings. The summed E-state index contributed by atoms with van der Waals surface area (Å²) in [6.07, 6.45) is 0. The van der Waals surface area contributed by atoms with Crippen LogP contribution in [0, 0.1) is 0 Å². The van der Waals surface area contributed by atoms with Crippen LogP contribution in [-0.2, 0) is 4.79 Å². The lowest BCUT2D eigenvalue weighted by molar-refractivity contribution is -0.114. The summed E-state index contributed by atoms with van der Waals surface area (Å²) in [5.74, 6) is 1.07. The summed E-state index contributed by atoms with van der Waals surface area (Å²) in [6.45, 7) is 1.20. The zero-order valence-corrected chi connectivity index (χ0v) is 9.82.